The van der Waals surface area contributed by atoms with Crippen molar-refractivity contribution in [3.63, 3.8) is 0 Å². The first kappa shape index (κ1) is 14.1. The highest BCUT2D eigenvalue weighted by Gasteiger charge is 2.03. The van der Waals surface area contributed by atoms with Crippen LogP contribution in [-0.2, 0) is 0 Å². The minimum Gasteiger partial charge on any atom is -0.490 e. The molecular weight excluding hydrogens is 287 g/mol. The lowest BCUT2D eigenvalue weighted by Crippen LogP contribution is -2.09. The quantitative estimate of drug-likeness (QED) is 0.653. The van der Waals surface area contributed by atoms with E-state index in [1.807, 2.05) is 24.3 Å². The van der Waals surface area contributed by atoms with Crippen LogP contribution in [0, 0.1) is 5.82 Å². The fourth-order valence-corrected chi connectivity index (χ4v) is 1.87. The zero-order valence-corrected chi connectivity index (χ0v) is 11.6. The van der Waals surface area contributed by atoms with Crippen LogP contribution >= 0.6 is 0 Å². The van der Waals surface area contributed by atoms with E-state index in [1.54, 1.807) is 12.1 Å². The van der Waals surface area contributed by atoms with Gasteiger partial charge in [0.2, 0.25) is 12.3 Å². The molecule has 5 nitrogen and oxygen atoms in total. The monoisotopic (exact) mass is 300 g/mol. The number of aromatic nitrogens is 2. The van der Waals surface area contributed by atoms with Crippen molar-refractivity contribution in [1.82, 2.24) is 10.2 Å². The highest BCUT2D eigenvalue weighted by Crippen LogP contribution is 2.20. The van der Waals surface area contributed by atoms with Crippen LogP contribution in [0.15, 0.2) is 59.3 Å². The Morgan fingerprint density at radius 2 is 1.73 bits per heavy atom. The molecule has 1 heterocycles. The van der Waals surface area contributed by atoms with Gasteiger partial charge >= 0.3 is 0 Å². The van der Waals surface area contributed by atoms with Crippen LogP contribution in [0.4, 0.5) is 4.39 Å². The summed E-state index contributed by atoms with van der Waals surface area (Å²) in [6.07, 6.45) is 1.28. The number of hydrogen-bond donors (Lipinski definition) is 0. The predicted octanol–water partition coefficient (Wildman–Crippen LogP) is 3.33. The molecule has 0 unspecified atom stereocenters. The van der Waals surface area contributed by atoms with Gasteiger partial charge in [0.15, 0.2) is 0 Å². The van der Waals surface area contributed by atoms with Crippen LogP contribution in [0.2, 0.25) is 0 Å². The first-order valence-electron chi connectivity index (χ1n) is 6.69. The molecule has 0 aliphatic carbocycles. The van der Waals surface area contributed by atoms with E-state index in [1.165, 1.54) is 18.5 Å². The second-order valence-electron chi connectivity index (χ2n) is 4.42. The lowest BCUT2D eigenvalue weighted by atomic mass is 10.2. The summed E-state index contributed by atoms with van der Waals surface area (Å²) < 4.78 is 29.0. The maximum absolute atomic E-state index is 13.0. The van der Waals surface area contributed by atoms with Gasteiger partial charge in [0.05, 0.1) is 0 Å². The van der Waals surface area contributed by atoms with Crippen molar-refractivity contribution in [3.8, 4) is 23.0 Å². The first-order chi connectivity index (χ1) is 10.8. The molecular formula is C16H13FN2O3. The summed E-state index contributed by atoms with van der Waals surface area (Å²) in [5.41, 5.74) is 0.820. The van der Waals surface area contributed by atoms with Gasteiger partial charge in [0.1, 0.15) is 30.5 Å². The summed E-state index contributed by atoms with van der Waals surface area (Å²) in [5, 5.41) is 7.45. The molecule has 0 N–H and O–H groups in total. The molecule has 0 amide bonds. The van der Waals surface area contributed by atoms with E-state index in [0.717, 1.165) is 5.56 Å². The molecule has 0 bridgehead atoms. The number of nitrogens with zero attached hydrogens (tertiary/aromatic N) is 2. The molecule has 0 aliphatic heterocycles. The first-order valence-corrected chi connectivity index (χ1v) is 6.69. The third-order valence-corrected chi connectivity index (χ3v) is 2.88. The summed E-state index contributed by atoms with van der Waals surface area (Å²) in [6, 6.07) is 13.3. The van der Waals surface area contributed by atoms with Gasteiger partial charge in [-0.05, 0) is 36.4 Å². The summed E-state index contributed by atoms with van der Waals surface area (Å²) in [6.45, 7) is 0.686. The SMILES string of the molecule is Fc1cccc(OCCOc2ccc(-c3nnco3)cc2)c1. The van der Waals surface area contributed by atoms with Crippen molar-refractivity contribution in [1.29, 1.82) is 0 Å². The lowest BCUT2D eigenvalue weighted by Gasteiger charge is -2.08. The molecule has 22 heavy (non-hydrogen) atoms. The van der Waals surface area contributed by atoms with Gasteiger partial charge in [-0.15, -0.1) is 10.2 Å². The highest BCUT2D eigenvalue weighted by atomic mass is 19.1. The summed E-state index contributed by atoms with van der Waals surface area (Å²) in [5.74, 6) is 1.32. The smallest absolute Gasteiger partial charge is 0.247 e. The van der Waals surface area contributed by atoms with Gasteiger partial charge in [0, 0.05) is 11.6 Å². The van der Waals surface area contributed by atoms with E-state index in [0.29, 0.717) is 30.6 Å². The normalized spacial score (nSPS) is 10.4. The van der Waals surface area contributed by atoms with Gasteiger partial charge in [-0.1, -0.05) is 6.07 Å². The maximum Gasteiger partial charge on any atom is 0.247 e. The highest BCUT2D eigenvalue weighted by molar-refractivity contribution is 5.53. The molecule has 1 aromatic heterocycles. The second-order valence-corrected chi connectivity index (χ2v) is 4.42. The van der Waals surface area contributed by atoms with E-state index >= 15 is 0 Å². The van der Waals surface area contributed by atoms with Gasteiger partial charge in [-0.3, -0.25) is 0 Å². The molecule has 0 spiro atoms. The molecule has 0 aliphatic rings. The van der Waals surface area contributed by atoms with E-state index < -0.39 is 0 Å². The summed E-state index contributed by atoms with van der Waals surface area (Å²) in [4.78, 5) is 0. The topological polar surface area (TPSA) is 57.4 Å². The number of hydrogen-bond acceptors (Lipinski definition) is 5. The molecule has 0 radical (unpaired) electrons. The Morgan fingerprint density at radius 1 is 0.955 bits per heavy atom. The van der Waals surface area contributed by atoms with Gasteiger partial charge in [-0.2, -0.15) is 0 Å². The lowest BCUT2D eigenvalue weighted by molar-refractivity contribution is 0.216. The molecule has 0 saturated heterocycles. The Morgan fingerprint density at radius 3 is 2.41 bits per heavy atom. The third kappa shape index (κ3) is 3.60. The Labute approximate surface area is 126 Å². The van der Waals surface area contributed by atoms with Crippen molar-refractivity contribution in [2.75, 3.05) is 13.2 Å². The standard InChI is InChI=1S/C16H13FN2O3/c17-13-2-1-3-15(10-13)21-9-8-20-14-6-4-12(5-7-14)16-19-18-11-22-16/h1-7,10-11H,8-9H2. The zero-order chi connectivity index (χ0) is 15.2. The van der Waals surface area contributed by atoms with Gasteiger partial charge in [-0.25, -0.2) is 4.39 Å². The van der Waals surface area contributed by atoms with E-state index in [4.69, 9.17) is 13.9 Å². The minimum absolute atomic E-state index is 0.324. The number of ether oxygens (including phenoxy) is 2. The molecule has 3 aromatic rings. The van der Waals surface area contributed by atoms with Crippen LogP contribution in [-0.4, -0.2) is 23.4 Å². The van der Waals surface area contributed by atoms with Crippen LogP contribution in [0.1, 0.15) is 0 Å². The minimum atomic E-state index is -0.324. The van der Waals surface area contributed by atoms with Crippen molar-refractivity contribution in [2.24, 2.45) is 0 Å². The van der Waals surface area contributed by atoms with Crippen molar-refractivity contribution >= 4 is 0 Å². The van der Waals surface area contributed by atoms with Crippen molar-refractivity contribution < 1.29 is 18.3 Å². The fraction of sp³-hybridized carbons (Fsp3) is 0.125. The van der Waals surface area contributed by atoms with Gasteiger partial charge in [0.25, 0.3) is 0 Å². The Balaban J connectivity index is 1.48. The Hall–Kier alpha value is -2.89. The molecule has 0 atom stereocenters. The number of benzene rings is 2. The third-order valence-electron chi connectivity index (χ3n) is 2.88. The van der Waals surface area contributed by atoms with Gasteiger partial charge < -0.3 is 13.9 Å². The number of halogens is 1. The average molecular weight is 300 g/mol. The Kier molecular flexibility index (Phi) is 4.29. The van der Waals surface area contributed by atoms with E-state index in [9.17, 15) is 4.39 Å². The fourth-order valence-electron chi connectivity index (χ4n) is 1.87. The Bertz CT molecular complexity index is 715. The molecule has 6 heteroatoms. The van der Waals surface area contributed by atoms with E-state index in [-0.39, 0.29) is 5.82 Å². The average Bonchev–Trinajstić information content (AvgIpc) is 3.07. The molecule has 2 aromatic carbocycles. The molecule has 0 saturated carbocycles. The molecule has 0 fully saturated rings. The molecule has 3 rings (SSSR count). The summed E-state index contributed by atoms with van der Waals surface area (Å²) >= 11 is 0. The zero-order valence-electron chi connectivity index (χ0n) is 11.6. The largest absolute Gasteiger partial charge is 0.490 e. The van der Waals surface area contributed by atoms with Crippen molar-refractivity contribution in [2.45, 2.75) is 0 Å². The maximum atomic E-state index is 13.0. The van der Waals surface area contributed by atoms with E-state index in [2.05, 4.69) is 10.2 Å². The predicted molar refractivity (Wildman–Crippen MR) is 77.1 cm³/mol. The van der Waals surface area contributed by atoms with Crippen LogP contribution in [0.25, 0.3) is 11.5 Å². The molecule has 112 valence electrons. The van der Waals surface area contributed by atoms with Crippen LogP contribution in [0.3, 0.4) is 0 Å². The second kappa shape index (κ2) is 6.71. The number of rotatable bonds is 6. The van der Waals surface area contributed by atoms with Crippen LogP contribution in [0.5, 0.6) is 11.5 Å². The van der Waals surface area contributed by atoms with Crippen molar-refractivity contribution in [3.05, 3.63) is 60.7 Å². The summed E-state index contributed by atoms with van der Waals surface area (Å²) in [7, 11) is 0. The van der Waals surface area contributed by atoms with Crippen LogP contribution < -0.4 is 9.47 Å².